The highest BCUT2D eigenvalue weighted by Crippen LogP contribution is 2.22. The van der Waals surface area contributed by atoms with Gasteiger partial charge in [-0.05, 0) is 41.9 Å². The molecule has 1 N–H and O–H groups in total. The van der Waals surface area contributed by atoms with Crippen molar-refractivity contribution in [2.24, 2.45) is 0 Å². The van der Waals surface area contributed by atoms with Crippen molar-refractivity contribution in [2.75, 3.05) is 5.88 Å². The third kappa shape index (κ3) is 3.26. The van der Waals surface area contributed by atoms with E-state index in [4.69, 9.17) is 11.6 Å². The Morgan fingerprint density at radius 2 is 2.29 bits per heavy atom. The van der Waals surface area contributed by atoms with Gasteiger partial charge in [-0.25, -0.2) is 0 Å². The van der Waals surface area contributed by atoms with E-state index < -0.39 is 0 Å². The van der Waals surface area contributed by atoms with Crippen LogP contribution in [0.5, 0.6) is 0 Å². The molecule has 0 aliphatic rings. The van der Waals surface area contributed by atoms with Crippen LogP contribution in [-0.4, -0.2) is 17.3 Å². The van der Waals surface area contributed by atoms with Crippen molar-refractivity contribution in [3.05, 3.63) is 20.8 Å². The molecule has 78 valence electrons. The zero-order valence-electron chi connectivity index (χ0n) is 7.93. The van der Waals surface area contributed by atoms with Crippen LogP contribution in [0.3, 0.4) is 0 Å². The maximum atomic E-state index is 11.7. The Kier molecular flexibility index (Phi) is 3.98. The molecule has 0 saturated heterocycles. The minimum atomic E-state index is -0.366. The van der Waals surface area contributed by atoms with Crippen LogP contribution in [0.2, 0.25) is 0 Å². The van der Waals surface area contributed by atoms with Crippen LogP contribution in [0, 0.1) is 0 Å². The van der Waals surface area contributed by atoms with E-state index in [1.165, 1.54) is 11.3 Å². The molecule has 0 aliphatic carbocycles. The summed E-state index contributed by atoms with van der Waals surface area (Å²) in [4.78, 5) is 12.3. The van der Waals surface area contributed by atoms with Crippen LogP contribution in [0.15, 0.2) is 15.9 Å². The Morgan fingerprint density at radius 1 is 1.64 bits per heavy atom. The van der Waals surface area contributed by atoms with Crippen LogP contribution < -0.4 is 5.32 Å². The second-order valence-corrected chi connectivity index (χ2v) is 6.31. The molecule has 5 heteroatoms. The number of carbonyl (C=O) groups is 1. The summed E-state index contributed by atoms with van der Waals surface area (Å²) in [6.07, 6.45) is 0. The molecule has 0 fully saturated rings. The largest absolute Gasteiger partial charge is 0.345 e. The molecule has 1 aromatic heterocycles. The first-order valence-corrected chi connectivity index (χ1v) is 6.23. The van der Waals surface area contributed by atoms with E-state index in [9.17, 15) is 4.79 Å². The average molecular weight is 297 g/mol. The molecule has 1 heterocycles. The smallest absolute Gasteiger partial charge is 0.261 e. The van der Waals surface area contributed by atoms with Gasteiger partial charge in [0.15, 0.2) is 0 Å². The minimum Gasteiger partial charge on any atom is -0.345 e. The zero-order chi connectivity index (χ0) is 10.8. The lowest BCUT2D eigenvalue weighted by molar-refractivity contribution is 0.0924. The van der Waals surface area contributed by atoms with Gasteiger partial charge in [0.25, 0.3) is 5.91 Å². The quantitative estimate of drug-likeness (QED) is 0.852. The molecule has 0 aliphatic heterocycles. The lowest BCUT2D eigenvalue weighted by atomic mass is 10.1. The molecule has 0 unspecified atom stereocenters. The second-order valence-electron chi connectivity index (χ2n) is 3.58. The summed E-state index contributed by atoms with van der Waals surface area (Å²) in [5.74, 6) is 0.317. The summed E-state index contributed by atoms with van der Waals surface area (Å²) in [6, 6.07) is 3.64. The molecule has 0 atom stereocenters. The SMILES string of the molecule is CC(C)(CCl)NC(=O)c1ccc(Br)s1. The number of halogens is 2. The van der Waals surface area contributed by atoms with E-state index in [1.54, 1.807) is 6.07 Å². The Labute approximate surface area is 101 Å². The fourth-order valence-corrected chi connectivity index (χ4v) is 2.19. The highest BCUT2D eigenvalue weighted by Gasteiger charge is 2.20. The van der Waals surface area contributed by atoms with Gasteiger partial charge in [-0.1, -0.05) is 0 Å². The first-order chi connectivity index (χ1) is 6.44. The molecule has 14 heavy (non-hydrogen) atoms. The van der Waals surface area contributed by atoms with Crippen LogP contribution in [0.1, 0.15) is 23.5 Å². The molecule has 1 amide bonds. The van der Waals surface area contributed by atoms with Crippen LogP contribution in [-0.2, 0) is 0 Å². The van der Waals surface area contributed by atoms with E-state index in [0.717, 1.165) is 3.79 Å². The lowest BCUT2D eigenvalue weighted by Crippen LogP contribution is -2.44. The van der Waals surface area contributed by atoms with Crippen molar-refractivity contribution in [3.8, 4) is 0 Å². The Bertz CT molecular complexity index is 337. The van der Waals surface area contributed by atoms with Gasteiger partial charge in [0.2, 0.25) is 0 Å². The van der Waals surface area contributed by atoms with E-state index in [-0.39, 0.29) is 11.4 Å². The molecule has 0 aromatic carbocycles. The van der Waals surface area contributed by atoms with E-state index in [2.05, 4.69) is 21.2 Å². The normalized spacial score (nSPS) is 11.4. The van der Waals surface area contributed by atoms with Gasteiger partial charge >= 0.3 is 0 Å². The molecule has 1 rings (SSSR count). The maximum Gasteiger partial charge on any atom is 0.261 e. The molecular formula is C9H11BrClNOS. The van der Waals surface area contributed by atoms with Gasteiger partial charge < -0.3 is 5.32 Å². The summed E-state index contributed by atoms with van der Waals surface area (Å²) < 4.78 is 0.950. The third-order valence-electron chi connectivity index (χ3n) is 1.58. The number of alkyl halides is 1. The van der Waals surface area contributed by atoms with Gasteiger partial charge in [-0.2, -0.15) is 0 Å². The summed E-state index contributed by atoms with van der Waals surface area (Å²) in [6.45, 7) is 3.78. The first-order valence-electron chi connectivity index (χ1n) is 4.08. The number of rotatable bonds is 3. The predicted octanol–water partition coefficient (Wildman–Crippen LogP) is 3.26. The Balaban J connectivity index is 2.68. The van der Waals surface area contributed by atoms with Crippen molar-refractivity contribution in [2.45, 2.75) is 19.4 Å². The fraction of sp³-hybridized carbons (Fsp3) is 0.444. The molecule has 1 aromatic rings. The molecule has 0 spiro atoms. The molecule has 2 nitrogen and oxygen atoms in total. The van der Waals surface area contributed by atoms with Crippen LogP contribution >= 0.6 is 38.9 Å². The van der Waals surface area contributed by atoms with E-state index in [0.29, 0.717) is 10.8 Å². The number of carbonyl (C=O) groups excluding carboxylic acids is 1. The summed E-state index contributed by atoms with van der Waals surface area (Å²) in [7, 11) is 0. The highest BCUT2D eigenvalue weighted by molar-refractivity contribution is 9.11. The van der Waals surface area contributed by atoms with Gasteiger partial charge in [0.1, 0.15) is 0 Å². The number of hydrogen-bond donors (Lipinski definition) is 1. The molecule has 0 radical (unpaired) electrons. The van der Waals surface area contributed by atoms with Gasteiger partial charge in [0, 0.05) is 11.4 Å². The summed E-state index contributed by atoms with van der Waals surface area (Å²) in [5, 5.41) is 2.85. The number of amides is 1. The van der Waals surface area contributed by atoms with Crippen molar-refractivity contribution in [1.29, 1.82) is 0 Å². The summed E-state index contributed by atoms with van der Waals surface area (Å²) >= 11 is 10.4. The zero-order valence-corrected chi connectivity index (χ0v) is 11.1. The monoisotopic (exact) mass is 295 g/mol. The van der Waals surface area contributed by atoms with Crippen molar-refractivity contribution < 1.29 is 4.79 Å². The Morgan fingerprint density at radius 3 is 2.71 bits per heavy atom. The molecule has 0 saturated carbocycles. The predicted molar refractivity (Wildman–Crippen MR) is 64.3 cm³/mol. The average Bonchev–Trinajstić information content (AvgIpc) is 2.51. The fourth-order valence-electron chi connectivity index (χ4n) is 0.839. The number of hydrogen-bond acceptors (Lipinski definition) is 2. The summed E-state index contributed by atoms with van der Waals surface area (Å²) in [5.41, 5.74) is -0.366. The highest BCUT2D eigenvalue weighted by atomic mass is 79.9. The van der Waals surface area contributed by atoms with Crippen molar-refractivity contribution in [3.63, 3.8) is 0 Å². The van der Waals surface area contributed by atoms with E-state index in [1.807, 2.05) is 19.9 Å². The topological polar surface area (TPSA) is 29.1 Å². The first kappa shape index (κ1) is 12.0. The van der Waals surface area contributed by atoms with Crippen LogP contribution in [0.25, 0.3) is 0 Å². The van der Waals surface area contributed by atoms with Gasteiger partial charge in [-0.15, -0.1) is 22.9 Å². The number of nitrogens with one attached hydrogen (secondary N) is 1. The molecular weight excluding hydrogens is 286 g/mol. The van der Waals surface area contributed by atoms with Crippen molar-refractivity contribution >= 4 is 44.8 Å². The van der Waals surface area contributed by atoms with Gasteiger partial charge in [0.05, 0.1) is 8.66 Å². The second kappa shape index (κ2) is 4.64. The minimum absolute atomic E-state index is 0.0775. The maximum absolute atomic E-state index is 11.7. The Hall–Kier alpha value is -0.0600. The van der Waals surface area contributed by atoms with Crippen molar-refractivity contribution in [1.82, 2.24) is 5.32 Å². The van der Waals surface area contributed by atoms with Gasteiger partial charge in [-0.3, -0.25) is 4.79 Å². The number of thiophene rings is 1. The third-order valence-corrected chi connectivity index (χ3v) is 3.87. The standard InChI is InChI=1S/C9H11BrClNOS/c1-9(2,5-11)12-8(13)6-3-4-7(10)14-6/h3-4H,5H2,1-2H3,(H,12,13). The van der Waals surface area contributed by atoms with Crippen LogP contribution in [0.4, 0.5) is 0 Å². The van der Waals surface area contributed by atoms with E-state index >= 15 is 0 Å². The lowest BCUT2D eigenvalue weighted by Gasteiger charge is -2.22. The molecule has 0 bridgehead atoms.